The van der Waals surface area contributed by atoms with Gasteiger partial charge < -0.3 is 9.84 Å². The van der Waals surface area contributed by atoms with E-state index in [1.807, 2.05) is 36.4 Å². The summed E-state index contributed by atoms with van der Waals surface area (Å²) in [7, 11) is 0. The van der Waals surface area contributed by atoms with Gasteiger partial charge in [0.15, 0.2) is 0 Å². The molecule has 0 saturated carbocycles. The summed E-state index contributed by atoms with van der Waals surface area (Å²) in [6.07, 6.45) is -1.28. The molecule has 72 valence electrons. The van der Waals surface area contributed by atoms with Gasteiger partial charge in [0, 0.05) is 5.39 Å². The fraction of sp³-hybridized carbons (Fsp3) is 0.0909. The highest BCUT2D eigenvalue weighted by Gasteiger charge is 2.03. The van der Waals surface area contributed by atoms with E-state index in [0.717, 1.165) is 10.8 Å². The number of hydrogen-bond acceptors (Lipinski definition) is 3. The van der Waals surface area contributed by atoms with Crippen LogP contribution in [0.15, 0.2) is 42.5 Å². The molecule has 0 aromatic heterocycles. The summed E-state index contributed by atoms with van der Waals surface area (Å²) in [6, 6.07) is 13.4. The molecule has 0 aliphatic carbocycles. The van der Waals surface area contributed by atoms with Crippen molar-refractivity contribution in [2.45, 2.75) is 6.41 Å². The maximum absolute atomic E-state index is 8.92. The van der Waals surface area contributed by atoms with Crippen molar-refractivity contribution in [3.05, 3.63) is 42.5 Å². The number of ether oxygens (including phenoxy) is 1. The second kappa shape index (κ2) is 3.65. The van der Waals surface area contributed by atoms with Crippen molar-refractivity contribution in [2.24, 2.45) is 5.73 Å². The maximum Gasteiger partial charge on any atom is 0.254 e. The van der Waals surface area contributed by atoms with Crippen LogP contribution in [0.1, 0.15) is 0 Å². The summed E-state index contributed by atoms with van der Waals surface area (Å²) in [5.74, 6) is 0.595. The molecule has 0 aliphatic rings. The lowest BCUT2D eigenvalue weighted by atomic mass is 10.1. The van der Waals surface area contributed by atoms with E-state index in [9.17, 15) is 0 Å². The normalized spacial score (nSPS) is 12.7. The molecule has 3 heteroatoms. The van der Waals surface area contributed by atoms with Crippen molar-refractivity contribution in [3.63, 3.8) is 0 Å². The molecule has 0 fully saturated rings. The van der Waals surface area contributed by atoms with Gasteiger partial charge in [-0.1, -0.05) is 36.4 Å². The Kier molecular flexibility index (Phi) is 2.35. The Morgan fingerprint density at radius 2 is 1.79 bits per heavy atom. The lowest BCUT2D eigenvalue weighted by Crippen LogP contribution is -2.25. The number of aliphatic hydroxyl groups is 1. The zero-order valence-corrected chi connectivity index (χ0v) is 7.55. The zero-order chi connectivity index (χ0) is 9.97. The fourth-order valence-electron chi connectivity index (χ4n) is 1.43. The minimum atomic E-state index is -1.28. The van der Waals surface area contributed by atoms with Crippen LogP contribution < -0.4 is 10.5 Å². The van der Waals surface area contributed by atoms with Crippen molar-refractivity contribution in [1.29, 1.82) is 0 Å². The average molecular weight is 189 g/mol. The van der Waals surface area contributed by atoms with Crippen molar-refractivity contribution in [2.75, 3.05) is 0 Å². The SMILES string of the molecule is NC(O)Oc1cccc2ccccc12. The largest absolute Gasteiger partial charge is 0.451 e. The van der Waals surface area contributed by atoms with Gasteiger partial charge in [-0.3, -0.25) is 5.73 Å². The van der Waals surface area contributed by atoms with Gasteiger partial charge in [-0.2, -0.15) is 0 Å². The van der Waals surface area contributed by atoms with Crippen LogP contribution in [0.5, 0.6) is 5.75 Å². The number of fused-ring (bicyclic) bond motifs is 1. The smallest absolute Gasteiger partial charge is 0.254 e. The monoisotopic (exact) mass is 189 g/mol. The van der Waals surface area contributed by atoms with Gasteiger partial charge in [0.1, 0.15) is 5.75 Å². The van der Waals surface area contributed by atoms with E-state index in [0.29, 0.717) is 5.75 Å². The zero-order valence-electron chi connectivity index (χ0n) is 7.55. The van der Waals surface area contributed by atoms with Crippen molar-refractivity contribution < 1.29 is 9.84 Å². The van der Waals surface area contributed by atoms with E-state index < -0.39 is 6.41 Å². The first kappa shape index (κ1) is 8.99. The molecule has 0 heterocycles. The highest BCUT2D eigenvalue weighted by Crippen LogP contribution is 2.25. The molecule has 2 aromatic rings. The Hall–Kier alpha value is -1.58. The molecule has 0 aliphatic heterocycles. The van der Waals surface area contributed by atoms with Crippen LogP contribution in [0.25, 0.3) is 10.8 Å². The van der Waals surface area contributed by atoms with Gasteiger partial charge in [-0.25, -0.2) is 0 Å². The first-order valence-electron chi connectivity index (χ1n) is 4.35. The number of rotatable bonds is 2. The Bertz CT molecular complexity index is 435. The second-order valence-electron chi connectivity index (χ2n) is 2.99. The summed E-state index contributed by atoms with van der Waals surface area (Å²) in [5, 5.41) is 10.9. The van der Waals surface area contributed by atoms with Crippen LogP contribution in [0.2, 0.25) is 0 Å². The molecule has 1 unspecified atom stereocenters. The summed E-state index contributed by atoms with van der Waals surface area (Å²) in [4.78, 5) is 0. The van der Waals surface area contributed by atoms with Crippen LogP contribution in [0.3, 0.4) is 0 Å². The maximum atomic E-state index is 8.92. The molecule has 0 amide bonds. The predicted molar refractivity (Wildman–Crippen MR) is 54.8 cm³/mol. The van der Waals surface area contributed by atoms with E-state index in [4.69, 9.17) is 15.6 Å². The van der Waals surface area contributed by atoms with Crippen molar-refractivity contribution >= 4 is 10.8 Å². The average Bonchev–Trinajstić information content (AvgIpc) is 2.18. The van der Waals surface area contributed by atoms with Gasteiger partial charge in [-0.15, -0.1) is 0 Å². The third kappa shape index (κ3) is 1.69. The molecule has 3 N–H and O–H groups in total. The lowest BCUT2D eigenvalue weighted by Gasteiger charge is -2.10. The summed E-state index contributed by atoms with van der Waals surface area (Å²) < 4.78 is 5.06. The quantitative estimate of drug-likeness (QED) is 0.703. The van der Waals surface area contributed by atoms with Gasteiger partial charge in [0.25, 0.3) is 6.41 Å². The minimum absolute atomic E-state index is 0.595. The lowest BCUT2D eigenvalue weighted by molar-refractivity contribution is -0.00974. The molecule has 14 heavy (non-hydrogen) atoms. The summed E-state index contributed by atoms with van der Waals surface area (Å²) in [6.45, 7) is 0. The molecule has 0 radical (unpaired) electrons. The Morgan fingerprint density at radius 1 is 1.07 bits per heavy atom. The van der Waals surface area contributed by atoms with Gasteiger partial charge in [-0.05, 0) is 11.5 Å². The van der Waals surface area contributed by atoms with Crippen LogP contribution in [-0.2, 0) is 0 Å². The van der Waals surface area contributed by atoms with Crippen LogP contribution in [0.4, 0.5) is 0 Å². The molecular weight excluding hydrogens is 178 g/mol. The van der Waals surface area contributed by atoms with E-state index in [1.54, 1.807) is 6.07 Å². The van der Waals surface area contributed by atoms with E-state index in [1.165, 1.54) is 0 Å². The van der Waals surface area contributed by atoms with E-state index in [2.05, 4.69) is 0 Å². The third-order valence-corrected chi connectivity index (χ3v) is 2.00. The highest BCUT2D eigenvalue weighted by atomic mass is 16.6. The van der Waals surface area contributed by atoms with Gasteiger partial charge in [0.2, 0.25) is 0 Å². The molecular formula is C11H11NO2. The van der Waals surface area contributed by atoms with Crippen molar-refractivity contribution in [3.8, 4) is 5.75 Å². The van der Waals surface area contributed by atoms with Crippen LogP contribution >= 0.6 is 0 Å². The Labute approximate surface area is 81.7 Å². The predicted octanol–water partition coefficient (Wildman–Crippen LogP) is 1.45. The molecule has 2 rings (SSSR count). The molecule has 3 nitrogen and oxygen atoms in total. The number of benzene rings is 2. The second-order valence-corrected chi connectivity index (χ2v) is 2.99. The van der Waals surface area contributed by atoms with Gasteiger partial charge in [0.05, 0.1) is 0 Å². The summed E-state index contributed by atoms with van der Waals surface area (Å²) in [5.41, 5.74) is 5.15. The standard InChI is InChI=1S/C11H11NO2/c12-11(13)14-10-7-3-5-8-4-1-2-6-9(8)10/h1-7,11,13H,12H2. The number of hydrogen-bond donors (Lipinski definition) is 2. The van der Waals surface area contributed by atoms with Crippen LogP contribution in [0, 0.1) is 0 Å². The van der Waals surface area contributed by atoms with Crippen LogP contribution in [-0.4, -0.2) is 11.5 Å². The van der Waals surface area contributed by atoms with Gasteiger partial charge >= 0.3 is 0 Å². The molecule has 1 atom stereocenters. The first-order chi connectivity index (χ1) is 6.77. The highest BCUT2D eigenvalue weighted by molar-refractivity contribution is 5.88. The van der Waals surface area contributed by atoms with E-state index in [-0.39, 0.29) is 0 Å². The third-order valence-electron chi connectivity index (χ3n) is 2.00. The van der Waals surface area contributed by atoms with Crippen molar-refractivity contribution in [1.82, 2.24) is 0 Å². The first-order valence-corrected chi connectivity index (χ1v) is 4.35. The molecule has 0 spiro atoms. The minimum Gasteiger partial charge on any atom is -0.451 e. The Morgan fingerprint density at radius 3 is 2.57 bits per heavy atom. The number of aliphatic hydroxyl groups excluding tert-OH is 1. The van der Waals surface area contributed by atoms with E-state index >= 15 is 0 Å². The molecule has 2 aromatic carbocycles. The summed E-state index contributed by atoms with van der Waals surface area (Å²) >= 11 is 0. The molecule has 0 saturated heterocycles. The molecule has 0 bridgehead atoms. The Balaban J connectivity index is 2.53. The fourth-order valence-corrected chi connectivity index (χ4v) is 1.43. The number of nitrogens with two attached hydrogens (primary N) is 1. The topological polar surface area (TPSA) is 55.5 Å².